The van der Waals surface area contributed by atoms with Crippen molar-refractivity contribution in [2.75, 3.05) is 14.2 Å². The van der Waals surface area contributed by atoms with Crippen LogP contribution in [0.1, 0.15) is 15.5 Å². The summed E-state index contributed by atoms with van der Waals surface area (Å²) in [4.78, 5) is 23.4. The topological polar surface area (TPSA) is 60.2 Å². The molecular weight excluding hydrogens is 324 g/mol. The molecule has 0 bridgehead atoms. The smallest absolute Gasteiger partial charge is 0.265 e. The number of carbonyl (C=O) groups excluding carboxylic acids is 1. The molecule has 0 unspecified atom stereocenters. The zero-order chi connectivity index (χ0) is 17.1. The Hall–Kier alpha value is -2.67. The highest BCUT2D eigenvalue weighted by Gasteiger charge is 2.17. The molecule has 0 N–H and O–H groups in total. The summed E-state index contributed by atoms with van der Waals surface area (Å²) >= 11 is 1.38. The lowest BCUT2D eigenvalue weighted by atomic mass is 10.2. The van der Waals surface area contributed by atoms with Crippen LogP contribution in [0.15, 0.2) is 42.9 Å². The first-order valence-electron chi connectivity index (χ1n) is 7.40. The van der Waals surface area contributed by atoms with E-state index in [0.29, 0.717) is 11.4 Å². The van der Waals surface area contributed by atoms with Crippen LogP contribution in [0.4, 0.5) is 0 Å². The van der Waals surface area contributed by atoms with Crippen molar-refractivity contribution in [3.8, 4) is 16.3 Å². The molecule has 1 aromatic carbocycles. The maximum absolute atomic E-state index is 12.6. The Kier molecular flexibility index (Phi) is 4.61. The number of aryl methyl sites for hydroxylation is 1. The molecule has 0 atom stereocenters. The maximum Gasteiger partial charge on any atom is 0.265 e. The van der Waals surface area contributed by atoms with Crippen LogP contribution in [-0.4, -0.2) is 39.5 Å². The highest BCUT2D eigenvalue weighted by atomic mass is 32.1. The molecule has 3 rings (SSSR count). The first-order chi connectivity index (χ1) is 11.6. The van der Waals surface area contributed by atoms with Gasteiger partial charge in [-0.15, -0.1) is 11.3 Å². The third-order valence-electron chi connectivity index (χ3n) is 3.70. The monoisotopic (exact) mass is 342 g/mol. The number of carbonyl (C=O) groups is 1. The van der Waals surface area contributed by atoms with Gasteiger partial charge in [0.05, 0.1) is 19.9 Å². The lowest BCUT2D eigenvalue weighted by molar-refractivity contribution is 0.0785. The molecule has 0 fully saturated rings. The average molecular weight is 342 g/mol. The predicted octanol–water partition coefficient (Wildman–Crippen LogP) is 2.82. The van der Waals surface area contributed by atoms with Crippen molar-refractivity contribution in [3.63, 3.8) is 0 Å². The van der Waals surface area contributed by atoms with E-state index in [4.69, 9.17) is 4.74 Å². The zero-order valence-electron chi connectivity index (χ0n) is 13.8. The van der Waals surface area contributed by atoms with Crippen LogP contribution >= 0.6 is 11.3 Å². The lowest BCUT2D eigenvalue weighted by Gasteiger charge is -2.15. The van der Waals surface area contributed by atoms with Gasteiger partial charge in [-0.05, 0) is 24.3 Å². The molecule has 24 heavy (non-hydrogen) atoms. The summed E-state index contributed by atoms with van der Waals surface area (Å²) in [5, 5.41) is 0.811. The van der Waals surface area contributed by atoms with Crippen molar-refractivity contribution in [2.45, 2.75) is 6.54 Å². The summed E-state index contributed by atoms with van der Waals surface area (Å²) in [6.07, 6.45) is 5.21. The number of hydrogen-bond acceptors (Lipinski definition) is 5. The summed E-state index contributed by atoms with van der Waals surface area (Å²) in [7, 11) is 5.31. The number of hydrogen-bond donors (Lipinski definition) is 0. The summed E-state index contributed by atoms with van der Waals surface area (Å²) < 4.78 is 7.06. The number of benzene rings is 1. The van der Waals surface area contributed by atoms with Crippen molar-refractivity contribution < 1.29 is 9.53 Å². The molecule has 6 nitrogen and oxygen atoms in total. The fraction of sp³-hybridized carbons (Fsp3) is 0.235. The predicted molar refractivity (Wildman–Crippen MR) is 93.1 cm³/mol. The van der Waals surface area contributed by atoms with Crippen LogP contribution in [-0.2, 0) is 13.6 Å². The minimum atomic E-state index is -0.0599. The Bertz CT molecular complexity index is 838. The normalized spacial score (nSPS) is 10.6. The lowest BCUT2D eigenvalue weighted by Crippen LogP contribution is -2.26. The van der Waals surface area contributed by atoms with Gasteiger partial charge in [-0.1, -0.05) is 0 Å². The van der Waals surface area contributed by atoms with Gasteiger partial charge in [0, 0.05) is 32.1 Å². The van der Waals surface area contributed by atoms with Crippen LogP contribution in [0.5, 0.6) is 5.75 Å². The Balaban J connectivity index is 1.74. The number of thiazole rings is 1. The average Bonchev–Trinajstić information content (AvgIpc) is 3.24. The number of methoxy groups -OCH3 is 1. The number of ether oxygens (including phenoxy) is 1. The Morgan fingerprint density at radius 2 is 2.04 bits per heavy atom. The van der Waals surface area contributed by atoms with E-state index in [9.17, 15) is 4.79 Å². The minimum Gasteiger partial charge on any atom is -0.497 e. The maximum atomic E-state index is 12.6. The number of nitrogens with zero attached hydrogens (tertiary/aromatic N) is 4. The van der Waals surface area contributed by atoms with Gasteiger partial charge < -0.3 is 14.2 Å². The van der Waals surface area contributed by atoms with Gasteiger partial charge in [-0.3, -0.25) is 4.79 Å². The van der Waals surface area contributed by atoms with Crippen molar-refractivity contribution in [2.24, 2.45) is 7.05 Å². The SMILES string of the molecule is COc1ccc(-c2ncc(C(=O)N(C)Cc3nccn3C)s2)cc1. The molecular formula is C17H18N4O2S. The first-order valence-corrected chi connectivity index (χ1v) is 8.22. The summed E-state index contributed by atoms with van der Waals surface area (Å²) in [5.41, 5.74) is 0.964. The number of imidazole rings is 1. The first kappa shape index (κ1) is 16.2. The number of rotatable bonds is 5. The molecule has 0 saturated heterocycles. The molecule has 0 radical (unpaired) electrons. The van der Waals surface area contributed by atoms with Gasteiger partial charge in [0.2, 0.25) is 0 Å². The second kappa shape index (κ2) is 6.84. The van der Waals surface area contributed by atoms with E-state index in [-0.39, 0.29) is 5.91 Å². The van der Waals surface area contributed by atoms with E-state index in [0.717, 1.165) is 22.1 Å². The Morgan fingerprint density at radius 1 is 1.29 bits per heavy atom. The van der Waals surface area contributed by atoms with E-state index in [1.165, 1.54) is 11.3 Å². The second-order valence-electron chi connectivity index (χ2n) is 5.37. The molecule has 0 spiro atoms. The van der Waals surface area contributed by atoms with Gasteiger partial charge in [0.1, 0.15) is 21.5 Å². The third-order valence-corrected chi connectivity index (χ3v) is 4.73. The highest BCUT2D eigenvalue weighted by Crippen LogP contribution is 2.27. The van der Waals surface area contributed by atoms with Crippen molar-refractivity contribution in [3.05, 3.63) is 53.6 Å². The number of amides is 1. The van der Waals surface area contributed by atoms with E-state index in [1.807, 2.05) is 42.1 Å². The Morgan fingerprint density at radius 3 is 2.67 bits per heavy atom. The zero-order valence-corrected chi connectivity index (χ0v) is 14.6. The van der Waals surface area contributed by atoms with Gasteiger partial charge in [0.25, 0.3) is 5.91 Å². The molecule has 0 aliphatic heterocycles. The van der Waals surface area contributed by atoms with E-state index < -0.39 is 0 Å². The molecule has 124 valence electrons. The number of aromatic nitrogens is 3. The second-order valence-corrected chi connectivity index (χ2v) is 6.40. The molecule has 2 heterocycles. The van der Waals surface area contributed by atoms with Crippen molar-refractivity contribution in [1.82, 2.24) is 19.4 Å². The van der Waals surface area contributed by atoms with Crippen LogP contribution in [0.25, 0.3) is 10.6 Å². The molecule has 2 aromatic heterocycles. The molecule has 0 aliphatic rings. The van der Waals surface area contributed by atoms with Gasteiger partial charge in [0.15, 0.2) is 0 Å². The van der Waals surface area contributed by atoms with E-state index >= 15 is 0 Å². The van der Waals surface area contributed by atoms with E-state index in [1.54, 1.807) is 31.5 Å². The standard InChI is InChI=1S/C17H18N4O2S/c1-20-9-8-18-15(20)11-21(2)17(22)14-10-19-16(24-14)12-4-6-13(23-3)7-5-12/h4-10H,11H2,1-3H3. The van der Waals surface area contributed by atoms with Crippen molar-refractivity contribution in [1.29, 1.82) is 0 Å². The molecule has 7 heteroatoms. The van der Waals surface area contributed by atoms with Gasteiger partial charge in [-0.2, -0.15) is 0 Å². The van der Waals surface area contributed by atoms with Crippen LogP contribution < -0.4 is 4.74 Å². The van der Waals surface area contributed by atoms with Crippen LogP contribution in [0, 0.1) is 0 Å². The van der Waals surface area contributed by atoms with Crippen molar-refractivity contribution >= 4 is 17.2 Å². The quantitative estimate of drug-likeness (QED) is 0.715. The largest absolute Gasteiger partial charge is 0.497 e. The summed E-state index contributed by atoms with van der Waals surface area (Å²) in [6.45, 7) is 0.456. The summed E-state index contributed by atoms with van der Waals surface area (Å²) in [5.74, 6) is 1.57. The summed E-state index contributed by atoms with van der Waals surface area (Å²) in [6, 6.07) is 7.63. The minimum absolute atomic E-state index is 0.0599. The van der Waals surface area contributed by atoms with Gasteiger partial charge in [-0.25, -0.2) is 9.97 Å². The highest BCUT2D eigenvalue weighted by molar-refractivity contribution is 7.16. The molecule has 0 saturated carbocycles. The van der Waals surface area contributed by atoms with Crippen LogP contribution in [0.2, 0.25) is 0 Å². The molecule has 3 aromatic rings. The third kappa shape index (κ3) is 3.30. The Labute approximate surface area is 144 Å². The van der Waals surface area contributed by atoms with Gasteiger partial charge >= 0.3 is 0 Å². The fourth-order valence-electron chi connectivity index (χ4n) is 2.26. The molecule has 0 aliphatic carbocycles. The van der Waals surface area contributed by atoms with E-state index in [2.05, 4.69) is 9.97 Å². The fourth-order valence-corrected chi connectivity index (χ4v) is 3.18. The van der Waals surface area contributed by atoms with Crippen LogP contribution in [0.3, 0.4) is 0 Å². The molecule has 1 amide bonds.